The van der Waals surface area contributed by atoms with E-state index in [1.54, 1.807) is 0 Å². The Morgan fingerprint density at radius 1 is 1.10 bits per heavy atom. The third kappa shape index (κ3) is 1.67. The van der Waals surface area contributed by atoms with Crippen LogP contribution in [0.5, 0.6) is 0 Å². The number of amides is 1. The zero-order chi connectivity index (χ0) is 14.4. The van der Waals surface area contributed by atoms with E-state index < -0.39 is 0 Å². The number of carbonyl (C=O) groups is 1. The van der Waals surface area contributed by atoms with Gasteiger partial charge < -0.3 is 5.32 Å². The molecule has 21 heavy (non-hydrogen) atoms. The van der Waals surface area contributed by atoms with Crippen LogP contribution in [0.4, 0.5) is 0 Å². The molecule has 1 aliphatic heterocycles. The second-order valence-electron chi connectivity index (χ2n) is 5.50. The fraction of sp³-hybridized carbons (Fsp3) is 0.222. The van der Waals surface area contributed by atoms with E-state index in [1.165, 1.54) is 10.8 Å². The summed E-state index contributed by atoms with van der Waals surface area (Å²) in [6.45, 7) is 2.84. The predicted octanol–water partition coefficient (Wildman–Crippen LogP) is 3.39. The van der Waals surface area contributed by atoms with Crippen LogP contribution >= 0.6 is 0 Å². The molecule has 3 heteroatoms. The van der Waals surface area contributed by atoms with E-state index in [0.717, 1.165) is 35.2 Å². The lowest BCUT2D eigenvalue weighted by Gasteiger charge is -2.07. The first-order valence-corrected chi connectivity index (χ1v) is 7.44. The molecule has 1 aliphatic carbocycles. The van der Waals surface area contributed by atoms with Crippen LogP contribution in [0.2, 0.25) is 0 Å². The zero-order valence-electron chi connectivity index (χ0n) is 11.9. The van der Waals surface area contributed by atoms with Gasteiger partial charge >= 0.3 is 0 Å². The molecule has 0 radical (unpaired) electrons. The summed E-state index contributed by atoms with van der Waals surface area (Å²) in [5.74, 6) is -0.0670. The standard InChI is InChI=1S/C18H16N2O/c1-2-3-10-19-17-15-12-8-4-6-11-7-5-9-13(14(11)12)16(15)20-18(17)21/h4-9H,2-3,10H2,1H3,(H,19,20,21). The lowest BCUT2D eigenvalue weighted by molar-refractivity contribution is -0.113. The van der Waals surface area contributed by atoms with Crippen LogP contribution in [-0.2, 0) is 4.79 Å². The molecule has 1 N–H and O–H groups in total. The third-order valence-corrected chi connectivity index (χ3v) is 4.17. The highest BCUT2D eigenvalue weighted by Crippen LogP contribution is 2.43. The van der Waals surface area contributed by atoms with Crippen LogP contribution in [0.3, 0.4) is 0 Å². The van der Waals surface area contributed by atoms with E-state index in [9.17, 15) is 4.79 Å². The van der Waals surface area contributed by atoms with E-state index >= 15 is 0 Å². The predicted molar refractivity (Wildman–Crippen MR) is 86.1 cm³/mol. The lowest BCUT2D eigenvalue weighted by atomic mass is 10.00. The minimum Gasteiger partial charge on any atom is -0.319 e. The number of rotatable bonds is 3. The van der Waals surface area contributed by atoms with Gasteiger partial charge in [-0.1, -0.05) is 49.7 Å². The third-order valence-electron chi connectivity index (χ3n) is 4.17. The van der Waals surface area contributed by atoms with Crippen molar-refractivity contribution in [2.75, 3.05) is 6.54 Å². The Bertz CT molecular complexity index is 825. The fourth-order valence-electron chi connectivity index (χ4n) is 3.19. The second kappa shape index (κ2) is 4.55. The van der Waals surface area contributed by atoms with Gasteiger partial charge in [-0.25, -0.2) is 0 Å². The molecule has 4 rings (SSSR count). The van der Waals surface area contributed by atoms with E-state index in [4.69, 9.17) is 0 Å². The molecule has 1 amide bonds. The molecular weight excluding hydrogens is 260 g/mol. The summed E-state index contributed by atoms with van der Waals surface area (Å²) < 4.78 is 0. The number of unbranched alkanes of at least 4 members (excludes halogenated alkanes) is 1. The Hall–Kier alpha value is -2.42. The molecule has 2 aromatic rings. The van der Waals surface area contributed by atoms with Gasteiger partial charge in [0.25, 0.3) is 5.91 Å². The van der Waals surface area contributed by atoms with Gasteiger partial charge in [0.15, 0.2) is 0 Å². The number of benzene rings is 2. The van der Waals surface area contributed by atoms with Crippen LogP contribution in [0.25, 0.3) is 22.0 Å². The molecule has 0 unspecified atom stereocenters. The van der Waals surface area contributed by atoms with Crippen molar-refractivity contribution in [3.8, 4) is 0 Å². The average Bonchev–Trinajstić information content (AvgIpc) is 2.98. The van der Waals surface area contributed by atoms with Crippen molar-refractivity contribution in [3.05, 3.63) is 47.5 Å². The molecule has 0 saturated carbocycles. The summed E-state index contributed by atoms with van der Waals surface area (Å²) in [5, 5.41) is 5.45. The van der Waals surface area contributed by atoms with Gasteiger partial charge in [0.05, 0.1) is 5.70 Å². The fourth-order valence-corrected chi connectivity index (χ4v) is 3.19. The average molecular weight is 276 g/mol. The number of carbonyl (C=O) groups excluding carboxylic acids is 1. The topological polar surface area (TPSA) is 41.5 Å². The van der Waals surface area contributed by atoms with Crippen molar-refractivity contribution < 1.29 is 4.79 Å². The lowest BCUT2D eigenvalue weighted by Crippen LogP contribution is -2.22. The van der Waals surface area contributed by atoms with Gasteiger partial charge in [0, 0.05) is 17.7 Å². The van der Waals surface area contributed by atoms with Crippen molar-refractivity contribution in [1.82, 2.24) is 5.32 Å². The van der Waals surface area contributed by atoms with E-state index in [0.29, 0.717) is 12.3 Å². The van der Waals surface area contributed by atoms with Crippen LogP contribution < -0.4 is 5.32 Å². The van der Waals surface area contributed by atoms with Gasteiger partial charge in [0.2, 0.25) is 0 Å². The minimum atomic E-state index is -0.0670. The van der Waals surface area contributed by atoms with Crippen LogP contribution in [-0.4, -0.2) is 18.2 Å². The number of hydrogen-bond donors (Lipinski definition) is 1. The van der Waals surface area contributed by atoms with E-state index in [1.807, 2.05) is 12.1 Å². The molecule has 3 nitrogen and oxygen atoms in total. The maximum Gasteiger partial charge on any atom is 0.274 e. The largest absolute Gasteiger partial charge is 0.319 e. The summed E-state index contributed by atoms with van der Waals surface area (Å²) in [6.07, 6.45) is 2.09. The van der Waals surface area contributed by atoms with Crippen molar-refractivity contribution >= 4 is 33.7 Å². The summed E-state index contributed by atoms with van der Waals surface area (Å²) in [5.41, 5.74) is 4.77. The molecule has 0 aromatic heterocycles. The van der Waals surface area contributed by atoms with Gasteiger partial charge in [-0.05, 0) is 22.8 Å². The Balaban J connectivity index is 1.91. The first kappa shape index (κ1) is 12.3. The molecule has 0 bridgehead atoms. The van der Waals surface area contributed by atoms with Gasteiger partial charge in [-0.2, -0.15) is 0 Å². The number of hydrogen-bond acceptors (Lipinski definition) is 2. The first-order chi connectivity index (χ1) is 10.3. The maximum atomic E-state index is 12.2. The highest BCUT2D eigenvalue weighted by molar-refractivity contribution is 6.64. The van der Waals surface area contributed by atoms with Gasteiger partial charge in [0.1, 0.15) is 5.71 Å². The Kier molecular flexibility index (Phi) is 2.67. The molecule has 104 valence electrons. The van der Waals surface area contributed by atoms with Crippen molar-refractivity contribution in [1.29, 1.82) is 0 Å². The summed E-state index contributed by atoms with van der Waals surface area (Å²) in [6, 6.07) is 12.5. The molecule has 2 aromatic carbocycles. The Morgan fingerprint density at radius 3 is 2.62 bits per heavy atom. The number of fused-ring (bicyclic) bond motifs is 2. The molecule has 0 atom stereocenters. The first-order valence-electron chi connectivity index (χ1n) is 7.44. The van der Waals surface area contributed by atoms with E-state index in [-0.39, 0.29) is 5.91 Å². The molecule has 0 saturated heterocycles. The number of aliphatic imine (C=N–C) groups is 1. The van der Waals surface area contributed by atoms with Crippen molar-refractivity contribution in [2.45, 2.75) is 19.8 Å². The summed E-state index contributed by atoms with van der Waals surface area (Å²) in [7, 11) is 0. The van der Waals surface area contributed by atoms with Crippen molar-refractivity contribution in [2.24, 2.45) is 4.99 Å². The van der Waals surface area contributed by atoms with Crippen molar-refractivity contribution in [3.63, 3.8) is 0 Å². The number of nitrogens with one attached hydrogen (secondary N) is 1. The van der Waals surface area contributed by atoms with Crippen LogP contribution in [0, 0.1) is 0 Å². The summed E-state index contributed by atoms with van der Waals surface area (Å²) >= 11 is 0. The number of nitrogens with zero attached hydrogens (tertiary/aromatic N) is 1. The molecule has 2 aliphatic rings. The minimum absolute atomic E-state index is 0.0670. The molecule has 0 spiro atoms. The zero-order valence-corrected chi connectivity index (χ0v) is 11.9. The monoisotopic (exact) mass is 276 g/mol. The quantitative estimate of drug-likeness (QED) is 0.858. The Labute approximate surface area is 123 Å². The second-order valence-corrected chi connectivity index (χ2v) is 5.50. The SMILES string of the molecule is CCCCN=C1C(=O)NC2=C1c1cccc3cccc2c13. The summed E-state index contributed by atoms with van der Waals surface area (Å²) in [4.78, 5) is 16.8. The molecule has 1 heterocycles. The maximum absolute atomic E-state index is 12.2. The molecular formula is C18H16N2O. The van der Waals surface area contributed by atoms with Gasteiger partial charge in [-0.3, -0.25) is 9.79 Å². The normalized spacial score (nSPS) is 17.8. The molecule has 0 fully saturated rings. The highest BCUT2D eigenvalue weighted by atomic mass is 16.2. The Morgan fingerprint density at radius 2 is 1.86 bits per heavy atom. The smallest absolute Gasteiger partial charge is 0.274 e. The van der Waals surface area contributed by atoms with Gasteiger partial charge in [-0.15, -0.1) is 0 Å². The van der Waals surface area contributed by atoms with Crippen LogP contribution in [0.15, 0.2) is 41.4 Å². The highest BCUT2D eigenvalue weighted by Gasteiger charge is 2.36. The van der Waals surface area contributed by atoms with Crippen LogP contribution in [0.1, 0.15) is 30.9 Å². The van der Waals surface area contributed by atoms with E-state index in [2.05, 4.69) is 41.5 Å².